The Labute approximate surface area is 183 Å². The maximum absolute atomic E-state index is 13.3. The van der Waals surface area contributed by atoms with E-state index in [9.17, 15) is 17.6 Å². The summed E-state index contributed by atoms with van der Waals surface area (Å²) in [5.74, 6) is 0.0721. The van der Waals surface area contributed by atoms with Crippen LogP contribution in [0.4, 0.5) is 15.8 Å². The number of rotatable bonds is 7. The lowest BCUT2D eigenvalue weighted by Gasteiger charge is -2.39. The van der Waals surface area contributed by atoms with E-state index in [-0.39, 0.29) is 11.6 Å². The Kier molecular flexibility index (Phi) is 7.04. The third-order valence-electron chi connectivity index (χ3n) is 5.42. The number of methoxy groups -OCH3 is 1. The Balaban J connectivity index is 1.74. The highest BCUT2D eigenvalue weighted by atomic mass is 32.2. The van der Waals surface area contributed by atoms with E-state index in [1.54, 1.807) is 18.9 Å². The van der Waals surface area contributed by atoms with Gasteiger partial charge < -0.3 is 14.5 Å². The number of hydrogen-bond donors (Lipinski definition) is 0. The Bertz CT molecular complexity index is 988. The summed E-state index contributed by atoms with van der Waals surface area (Å²) < 4.78 is 44.7. The number of anilines is 2. The molecule has 1 fully saturated rings. The van der Waals surface area contributed by atoms with E-state index in [0.29, 0.717) is 32.6 Å². The molecule has 2 aromatic carbocycles. The minimum Gasteiger partial charge on any atom is -0.497 e. The number of ether oxygens (including phenoxy) is 1. The minimum atomic E-state index is -3.75. The molecule has 3 rings (SSSR count). The topological polar surface area (TPSA) is 70.2 Å². The summed E-state index contributed by atoms with van der Waals surface area (Å²) in [6.45, 7) is 4.04. The average Bonchev–Trinajstić information content (AvgIpc) is 2.77. The molecule has 1 aliphatic heterocycles. The largest absolute Gasteiger partial charge is 0.497 e. The van der Waals surface area contributed by atoms with Crippen LogP contribution < -0.4 is 13.9 Å². The van der Waals surface area contributed by atoms with Crippen LogP contribution in [-0.2, 0) is 14.8 Å². The van der Waals surface area contributed by atoms with Gasteiger partial charge in [0.1, 0.15) is 17.6 Å². The predicted molar refractivity (Wildman–Crippen MR) is 120 cm³/mol. The molecule has 1 unspecified atom stereocenters. The van der Waals surface area contributed by atoms with Crippen LogP contribution in [0, 0.1) is 5.82 Å². The first-order valence-corrected chi connectivity index (χ1v) is 12.0. The third kappa shape index (κ3) is 5.28. The third-order valence-corrected chi connectivity index (χ3v) is 6.60. The molecule has 7 nitrogen and oxygen atoms in total. The van der Waals surface area contributed by atoms with Crippen molar-refractivity contribution < 1.29 is 22.3 Å². The van der Waals surface area contributed by atoms with Crippen LogP contribution in [0.25, 0.3) is 0 Å². The number of piperazine rings is 1. The lowest BCUT2D eigenvalue weighted by molar-refractivity contribution is -0.132. The molecule has 9 heteroatoms. The lowest BCUT2D eigenvalue weighted by Crippen LogP contribution is -2.56. The number of halogens is 1. The fourth-order valence-electron chi connectivity index (χ4n) is 3.82. The summed E-state index contributed by atoms with van der Waals surface area (Å²) in [6.07, 6.45) is 1.37. The number of carbonyl (C=O) groups is 1. The van der Waals surface area contributed by atoms with Crippen LogP contribution in [0.15, 0.2) is 48.5 Å². The molecule has 31 heavy (non-hydrogen) atoms. The molecule has 0 aromatic heterocycles. The number of hydrogen-bond acceptors (Lipinski definition) is 5. The van der Waals surface area contributed by atoms with Crippen molar-refractivity contribution >= 4 is 27.3 Å². The molecule has 1 atom stereocenters. The van der Waals surface area contributed by atoms with E-state index in [4.69, 9.17) is 4.74 Å². The van der Waals surface area contributed by atoms with E-state index < -0.39 is 21.9 Å². The first-order valence-electron chi connectivity index (χ1n) is 10.2. The van der Waals surface area contributed by atoms with Gasteiger partial charge in [-0.3, -0.25) is 9.10 Å². The van der Waals surface area contributed by atoms with Crippen molar-refractivity contribution in [2.75, 3.05) is 48.7 Å². The monoisotopic (exact) mass is 449 g/mol. The molecule has 2 aromatic rings. The lowest BCUT2D eigenvalue weighted by atomic mass is 10.1. The van der Waals surface area contributed by atoms with E-state index in [1.165, 1.54) is 24.3 Å². The van der Waals surface area contributed by atoms with Gasteiger partial charge in [0.05, 0.1) is 19.1 Å². The Morgan fingerprint density at radius 2 is 1.65 bits per heavy atom. The van der Waals surface area contributed by atoms with Crippen molar-refractivity contribution in [2.24, 2.45) is 0 Å². The molecule has 1 saturated heterocycles. The number of benzene rings is 2. The zero-order valence-electron chi connectivity index (χ0n) is 18.0. The van der Waals surface area contributed by atoms with E-state index >= 15 is 0 Å². The second-order valence-corrected chi connectivity index (χ2v) is 9.33. The zero-order valence-corrected chi connectivity index (χ0v) is 18.8. The van der Waals surface area contributed by atoms with Gasteiger partial charge in [-0.15, -0.1) is 0 Å². The molecule has 0 saturated carbocycles. The van der Waals surface area contributed by atoms with Gasteiger partial charge >= 0.3 is 0 Å². The van der Waals surface area contributed by atoms with Gasteiger partial charge in [-0.25, -0.2) is 12.8 Å². The maximum atomic E-state index is 13.3. The van der Waals surface area contributed by atoms with Gasteiger partial charge in [-0.05, 0) is 55.0 Å². The molecule has 1 heterocycles. The van der Waals surface area contributed by atoms with Gasteiger partial charge in [0.25, 0.3) is 0 Å². The van der Waals surface area contributed by atoms with Gasteiger partial charge in [0, 0.05) is 31.9 Å². The van der Waals surface area contributed by atoms with E-state index in [0.717, 1.165) is 22.0 Å². The molecule has 0 aliphatic carbocycles. The molecule has 168 valence electrons. The fourth-order valence-corrected chi connectivity index (χ4v) is 5.03. The number of sulfonamides is 1. The van der Waals surface area contributed by atoms with Crippen molar-refractivity contribution in [3.63, 3.8) is 0 Å². The second kappa shape index (κ2) is 9.55. The van der Waals surface area contributed by atoms with Crippen LogP contribution in [0.1, 0.15) is 13.3 Å². The average molecular weight is 450 g/mol. The van der Waals surface area contributed by atoms with Crippen molar-refractivity contribution in [1.29, 1.82) is 0 Å². The molecule has 0 N–H and O–H groups in total. The van der Waals surface area contributed by atoms with Gasteiger partial charge in [0.15, 0.2) is 0 Å². The molecule has 1 amide bonds. The van der Waals surface area contributed by atoms with Crippen molar-refractivity contribution in [3.05, 3.63) is 54.3 Å². The number of nitrogens with zero attached hydrogens (tertiary/aromatic N) is 3. The van der Waals surface area contributed by atoms with Crippen LogP contribution in [-0.4, -0.2) is 64.8 Å². The van der Waals surface area contributed by atoms with Gasteiger partial charge in [-0.2, -0.15) is 0 Å². The van der Waals surface area contributed by atoms with Gasteiger partial charge in [0.2, 0.25) is 15.9 Å². The first-order chi connectivity index (χ1) is 14.7. The highest BCUT2D eigenvalue weighted by molar-refractivity contribution is 7.92. The van der Waals surface area contributed by atoms with Crippen molar-refractivity contribution in [2.45, 2.75) is 19.4 Å². The van der Waals surface area contributed by atoms with Crippen molar-refractivity contribution in [3.8, 4) is 5.75 Å². The second-order valence-electron chi connectivity index (χ2n) is 7.47. The van der Waals surface area contributed by atoms with Crippen LogP contribution in [0.2, 0.25) is 0 Å². The van der Waals surface area contributed by atoms with Gasteiger partial charge in [-0.1, -0.05) is 6.92 Å². The smallest absolute Gasteiger partial charge is 0.246 e. The minimum absolute atomic E-state index is 0.244. The Hall–Kier alpha value is -2.81. The van der Waals surface area contributed by atoms with E-state index in [1.807, 2.05) is 24.3 Å². The van der Waals surface area contributed by atoms with E-state index in [2.05, 4.69) is 4.90 Å². The summed E-state index contributed by atoms with van der Waals surface area (Å²) >= 11 is 0. The SMILES string of the molecule is CCC(C(=O)N1CCN(c2ccc(OC)cc2)CC1)N(c1ccc(F)cc1)S(C)(=O)=O. The number of amides is 1. The van der Waals surface area contributed by atoms with Crippen LogP contribution in [0.5, 0.6) is 5.75 Å². The predicted octanol–water partition coefficient (Wildman–Crippen LogP) is 2.73. The molecular formula is C22H28FN3O4S. The zero-order chi connectivity index (χ0) is 22.6. The highest BCUT2D eigenvalue weighted by Gasteiger charge is 2.35. The summed E-state index contributed by atoms with van der Waals surface area (Å²) in [4.78, 5) is 17.2. The standard InChI is InChI=1S/C22H28FN3O4S/c1-4-21(26(31(3,28)29)19-7-5-17(23)6-8-19)22(27)25-15-13-24(14-16-25)18-9-11-20(30-2)12-10-18/h5-12,21H,4,13-16H2,1-3H3. The maximum Gasteiger partial charge on any atom is 0.246 e. The van der Waals surface area contributed by atoms with Crippen LogP contribution in [0.3, 0.4) is 0 Å². The summed E-state index contributed by atoms with van der Waals surface area (Å²) in [5, 5.41) is 0. The normalized spacial score (nSPS) is 15.5. The summed E-state index contributed by atoms with van der Waals surface area (Å²) in [6, 6.07) is 12.0. The highest BCUT2D eigenvalue weighted by Crippen LogP contribution is 2.25. The summed E-state index contributed by atoms with van der Waals surface area (Å²) in [7, 11) is -2.12. The Morgan fingerprint density at radius 3 is 2.13 bits per heavy atom. The van der Waals surface area contributed by atoms with Crippen LogP contribution >= 0.6 is 0 Å². The molecule has 0 bridgehead atoms. The molecule has 1 aliphatic rings. The Morgan fingerprint density at radius 1 is 1.06 bits per heavy atom. The quantitative estimate of drug-likeness (QED) is 0.650. The summed E-state index contributed by atoms with van der Waals surface area (Å²) in [5.41, 5.74) is 1.32. The fraction of sp³-hybridized carbons (Fsp3) is 0.409. The van der Waals surface area contributed by atoms with Crippen molar-refractivity contribution in [1.82, 2.24) is 4.90 Å². The first kappa shape index (κ1) is 22.9. The number of carbonyl (C=O) groups excluding carboxylic acids is 1. The molecular weight excluding hydrogens is 421 g/mol. The molecule has 0 radical (unpaired) electrons. The molecule has 0 spiro atoms.